The van der Waals surface area contributed by atoms with Crippen molar-refractivity contribution in [3.8, 4) is 5.75 Å². The molecular weight excluding hydrogens is 344 g/mol. The van der Waals surface area contributed by atoms with Crippen LogP contribution in [-0.2, 0) is 19.7 Å². The fourth-order valence-corrected chi connectivity index (χ4v) is 3.22. The van der Waals surface area contributed by atoms with Crippen LogP contribution in [0.25, 0.3) is 0 Å². The molecule has 2 rings (SSSR count). The van der Waals surface area contributed by atoms with Gasteiger partial charge >= 0.3 is 0 Å². The molecule has 152 valence electrons. The number of methoxy groups -OCH3 is 1. The molecule has 0 spiro atoms. The molecule has 1 aliphatic heterocycles. The van der Waals surface area contributed by atoms with Crippen LogP contribution in [0.5, 0.6) is 5.75 Å². The van der Waals surface area contributed by atoms with Crippen molar-refractivity contribution in [3.05, 3.63) is 29.8 Å². The van der Waals surface area contributed by atoms with Gasteiger partial charge in [0, 0.05) is 25.2 Å². The number of carbonyl (C=O) groups is 2. The van der Waals surface area contributed by atoms with E-state index in [4.69, 9.17) is 15.2 Å². The molecule has 1 fully saturated rings. The number of ether oxygens (including phenoxy) is 2. The second kappa shape index (κ2) is 11.7. The fourth-order valence-electron chi connectivity index (χ4n) is 3.22. The van der Waals surface area contributed by atoms with Crippen molar-refractivity contribution in [1.29, 1.82) is 0 Å². The van der Waals surface area contributed by atoms with E-state index in [-0.39, 0.29) is 5.41 Å². The van der Waals surface area contributed by atoms with Gasteiger partial charge in [-0.25, -0.2) is 0 Å². The van der Waals surface area contributed by atoms with Crippen LogP contribution in [0.4, 0.5) is 0 Å². The molecular formula is C21H34N2O4. The first kappa shape index (κ1) is 23.1. The van der Waals surface area contributed by atoms with Gasteiger partial charge in [0.15, 0.2) is 0 Å². The minimum atomic E-state index is -0.725. The number of rotatable bonds is 8. The van der Waals surface area contributed by atoms with E-state index in [0.717, 1.165) is 30.6 Å². The van der Waals surface area contributed by atoms with E-state index >= 15 is 0 Å². The lowest BCUT2D eigenvalue weighted by Crippen LogP contribution is -2.49. The van der Waals surface area contributed by atoms with E-state index in [1.54, 1.807) is 7.11 Å². The van der Waals surface area contributed by atoms with Gasteiger partial charge in [-0.3, -0.25) is 9.59 Å². The summed E-state index contributed by atoms with van der Waals surface area (Å²) >= 11 is 0. The summed E-state index contributed by atoms with van der Waals surface area (Å²) in [5.74, 6) is -0.352. The maximum absolute atomic E-state index is 12.2. The molecule has 0 aliphatic carbocycles. The topological polar surface area (TPSA) is 90.7 Å². The summed E-state index contributed by atoms with van der Waals surface area (Å²) < 4.78 is 10.7. The zero-order valence-corrected chi connectivity index (χ0v) is 17.0. The molecule has 1 unspecified atom stereocenters. The fraction of sp³-hybridized carbons (Fsp3) is 0.619. The number of nitrogens with two attached hydrogens (primary N) is 1. The number of nitrogens with one attached hydrogen (secondary N) is 1. The third-order valence-electron chi connectivity index (χ3n) is 4.90. The Labute approximate surface area is 162 Å². The summed E-state index contributed by atoms with van der Waals surface area (Å²) in [7, 11) is 1.63. The molecule has 0 aromatic heterocycles. The maximum atomic E-state index is 12.2. The number of hydrogen-bond acceptors (Lipinski definition) is 5. The zero-order valence-electron chi connectivity index (χ0n) is 17.0. The summed E-state index contributed by atoms with van der Waals surface area (Å²) in [4.78, 5) is 24.2. The largest absolute Gasteiger partial charge is 0.497 e. The van der Waals surface area contributed by atoms with Crippen molar-refractivity contribution in [2.45, 2.75) is 57.9 Å². The lowest BCUT2D eigenvalue weighted by Gasteiger charge is -2.38. The molecule has 0 radical (unpaired) electrons. The lowest BCUT2D eigenvalue weighted by atomic mass is 9.74. The van der Waals surface area contributed by atoms with Gasteiger partial charge in [-0.05, 0) is 37.0 Å². The Morgan fingerprint density at radius 3 is 2.33 bits per heavy atom. The molecule has 1 aromatic carbocycles. The van der Waals surface area contributed by atoms with Crippen molar-refractivity contribution < 1.29 is 19.1 Å². The second-order valence-electron chi connectivity index (χ2n) is 6.56. The van der Waals surface area contributed by atoms with Crippen molar-refractivity contribution >= 4 is 11.7 Å². The van der Waals surface area contributed by atoms with Crippen LogP contribution in [0.2, 0.25) is 0 Å². The highest BCUT2D eigenvalue weighted by Crippen LogP contribution is 2.35. The molecule has 27 heavy (non-hydrogen) atoms. The van der Waals surface area contributed by atoms with Gasteiger partial charge in [-0.2, -0.15) is 0 Å². The van der Waals surface area contributed by atoms with Crippen LogP contribution in [0.3, 0.4) is 0 Å². The van der Waals surface area contributed by atoms with E-state index in [2.05, 4.69) is 5.32 Å². The van der Waals surface area contributed by atoms with Crippen LogP contribution < -0.4 is 15.8 Å². The SMILES string of the molecule is CC.CCCC(N)C(=O)C(=O)NCC1(c2ccc(OC)cc2)CCOCC1. The molecule has 1 heterocycles. The van der Waals surface area contributed by atoms with E-state index in [9.17, 15) is 9.59 Å². The van der Waals surface area contributed by atoms with Crippen LogP contribution in [-0.4, -0.2) is 44.6 Å². The van der Waals surface area contributed by atoms with E-state index in [1.807, 2.05) is 45.0 Å². The Kier molecular flexibility index (Phi) is 10.0. The molecule has 1 atom stereocenters. The van der Waals surface area contributed by atoms with Crippen molar-refractivity contribution in [2.75, 3.05) is 26.9 Å². The van der Waals surface area contributed by atoms with E-state index in [1.165, 1.54) is 0 Å². The first-order valence-electron chi connectivity index (χ1n) is 9.82. The monoisotopic (exact) mass is 378 g/mol. The molecule has 1 aliphatic rings. The van der Waals surface area contributed by atoms with Crippen molar-refractivity contribution in [2.24, 2.45) is 5.73 Å². The highest BCUT2D eigenvalue weighted by molar-refractivity contribution is 6.38. The second-order valence-corrected chi connectivity index (χ2v) is 6.56. The van der Waals surface area contributed by atoms with E-state index < -0.39 is 17.7 Å². The number of carbonyl (C=O) groups excluding carboxylic acids is 2. The Balaban J connectivity index is 0.00000176. The Bertz CT molecular complexity index is 580. The predicted octanol–water partition coefficient (Wildman–Crippen LogP) is 2.58. The molecule has 3 N–H and O–H groups in total. The highest BCUT2D eigenvalue weighted by atomic mass is 16.5. The number of hydrogen-bond donors (Lipinski definition) is 2. The molecule has 0 saturated carbocycles. The number of ketones is 1. The summed E-state index contributed by atoms with van der Waals surface area (Å²) in [5, 5.41) is 2.80. The van der Waals surface area contributed by atoms with Crippen LogP contribution in [0, 0.1) is 0 Å². The molecule has 6 heteroatoms. The molecule has 6 nitrogen and oxygen atoms in total. The maximum Gasteiger partial charge on any atom is 0.289 e. The average molecular weight is 379 g/mol. The van der Waals surface area contributed by atoms with Crippen LogP contribution in [0.15, 0.2) is 24.3 Å². The van der Waals surface area contributed by atoms with Gasteiger partial charge in [-0.1, -0.05) is 39.3 Å². The number of benzene rings is 1. The normalized spacial score (nSPS) is 16.5. The summed E-state index contributed by atoms with van der Waals surface area (Å²) in [6, 6.07) is 7.13. The third-order valence-corrected chi connectivity index (χ3v) is 4.90. The van der Waals surface area contributed by atoms with Crippen LogP contribution in [0.1, 0.15) is 52.0 Å². The van der Waals surface area contributed by atoms with Gasteiger partial charge in [0.1, 0.15) is 5.75 Å². The van der Waals surface area contributed by atoms with E-state index in [0.29, 0.717) is 26.2 Å². The minimum absolute atomic E-state index is 0.241. The van der Waals surface area contributed by atoms with Gasteiger partial charge < -0.3 is 20.5 Å². The Morgan fingerprint density at radius 1 is 1.22 bits per heavy atom. The first-order valence-corrected chi connectivity index (χ1v) is 9.82. The standard InChI is InChI=1S/C19H28N2O4.C2H6/c1-3-4-16(20)17(22)18(23)21-13-19(9-11-25-12-10-19)14-5-7-15(24-2)8-6-14;1-2/h5-8,16H,3-4,9-13,20H2,1-2H3,(H,21,23);1-2H3. The number of amides is 1. The lowest BCUT2D eigenvalue weighted by molar-refractivity contribution is -0.139. The molecule has 1 saturated heterocycles. The smallest absolute Gasteiger partial charge is 0.289 e. The van der Waals surface area contributed by atoms with Gasteiger partial charge in [0.2, 0.25) is 5.78 Å². The van der Waals surface area contributed by atoms with Gasteiger partial charge in [-0.15, -0.1) is 0 Å². The molecule has 1 aromatic rings. The van der Waals surface area contributed by atoms with Crippen LogP contribution >= 0.6 is 0 Å². The quantitative estimate of drug-likeness (QED) is 0.679. The predicted molar refractivity (Wildman–Crippen MR) is 107 cm³/mol. The van der Waals surface area contributed by atoms with Gasteiger partial charge in [0.05, 0.1) is 13.2 Å². The summed E-state index contributed by atoms with van der Waals surface area (Å²) in [6.45, 7) is 7.59. The minimum Gasteiger partial charge on any atom is -0.497 e. The highest BCUT2D eigenvalue weighted by Gasteiger charge is 2.35. The molecule has 1 amide bonds. The summed E-state index contributed by atoms with van der Waals surface area (Å²) in [6.07, 6.45) is 2.86. The van der Waals surface area contributed by atoms with Crippen molar-refractivity contribution in [3.63, 3.8) is 0 Å². The molecule has 0 bridgehead atoms. The third kappa shape index (κ3) is 6.33. The summed E-state index contributed by atoms with van der Waals surface area (Å²) in [5.41, 5.74) is 6.64. The zero-order chi connectivity index (χ0) is 20.3. The van der Waals surface area contributed by atoms with Crippen molar-refractivity contribution in [1.82, 2.24) is 5.32 Å². The average Bonchev–Trinajstić information content (AvgIpc) is 2.73. The first-order chi connectivity index (χ1) is 13.0. The Morgan fingerprint density at radius 2 is 1.81 bits per heavy atom. The van der Waals surface area contributed by atoms with Gasteiger partial charge in [0.25, 0.3) is 5.91 Å². The number of Topliss-reactive ketones (excluding diaryl/α,β-unsaturated/α-hetero) is 1. The Hall–Kier alpha value is -1.92.